The Labute approximate surface area is 116 Å². The molecule has 0 aromatic carbocycles. The van der Waals surface area contributed by atoms with Crippen molar-refractivity contribution in [1.29, 1.82) is 5.26 Å². The van der Waals surface area contributed by atoms with Crippen LogP contribution in [0.1, 0.15) is 38.5 Å². The first-order valence-corrected chi connectivity index (χ1v) is 7.54. The average Bonchev–Trinajstić information content (AvgIpc) is 2.44. The molecule has 0 spiro atoms. The largest absolute Gasteiger partial charge is 0.344 e. The van der Waals surface area contributed by atoms with E-state index >= 15 is 0 Å². The topological polar surface area (TPSA) is 47.3 Å². The summed E-state index contributed by atoms with van der Waals surface area (Å²) in [6.45, 7) is 3.25. The molecule has 0 radical (unpaired) electrons. The number of nitrogens with zero attached hydrogens (tertiary/aromatic N) is 3. The molecule has 2 rings (SSSR count). The zero-order valence-corrected chi connectivity index (χ0v) is 12.0. The van der Waals surface area contributed by atoms with Crippen LogP contribution in [0.4, 0.5) is 0 Å². The van der Waals surface area contributed by atoms with Gasteiger partial charge < -0.3 is 4.90 Å². The van der Waals surface area contributed by atoms with Crippen molar-refractivity contribution in [3.05, 3.63) is 0 Å². The highest BCUT2D eigenvalue weighted by atomic mass is 16.2. The molecular formula is C15H25N3O. The van der Waals surface area contributed by atoms with Gasteiger partial charge in [0.1, 0.15) is 0 Å². The predicted octanol–water partition coefficient (Wildman–Crippen LogP) is 1.87. The number of likely N-dealkylation sites (tertiary alicyclic amines) is 1. The highest BCUT2D eigenvalue weighted by Crippen LogP contribution is 2.35. The van der Waals surface area contributed by atoms with Crippen molar-refractivity contribution >= 4 is 5.91 Å². The quantitative estimate of drug-likeness (QED) is 0.778. The first-order valence-electron chi connectivity index (χ1n) is 7.54. The average molecular weight is 263 g/mol. The molecule has 1 saturated carbocycles. The fourth-order valence-corrected chi connectivity index (χ4v) is 3.47. The van der Waals surface area contributed by atoms with Crippen molar-refractivity contribution in [1.82, 2.24) is 9.80 Å². The number of amides is 1. The van der Waals surface area contributed by atoms with Crippen LogP contribution in [0.5, 0.6) is 0 Å². The minimum atomic E-state index is 0.157. The second-order valence-corrected chi connectivity index (χ2v) is 6.05. The number of piperidine rings is 1. The molecule has 1 heterocycles. The minimum absolute atomic E-state index is 0.157. The number of nitriles is 1. The van der Waals surface area contributed by atoms with Crippen LogP contribution in [-0.2, 0) is 4.79 Å². The highest BCUT2D eigenvalue weighted by Gasteiger charge is 2.31. The van der Waals surface area contributed by atoms with E-state index in [1.165, 1.54) is 32.1 Å². The van der Waals surface area contributed by atoms with Crippen molar-refractivity contribution in [3.63, 3.8) is 0 Å². The SMILES string of the molecule is CN(CCC#N)C(=O)CN1CC[C@@H]2CCCC[C@@H]2C1. The van der Waals surface area contributed by atoms with E-state index in [0.29, 0.717) is 19.5 Å². The number of likely N-dealkylation sites (N-methyl/N-ethyl adjacent to an activating group) is 1. The maximum Gasteiger partial charge on any atom is 0.236 e. The minimum Gasteiger partial charge on any atom is -0.344 e. The number of rotatable bonds is 4. The molecule has 0 N–H and O–H groups in total. The summed E-state index contributed by atoms with van der Waals surface area (Å²) in [6, 6.07) is 2.09. The lowest BCUT2D eigenvalue weighted by molar-refractivity contribution is -0.131. The summed E-state index contributed by atoms with van der Waals surface area (Å²) >= 11 is 0. The third-order valence-corrected chi connectivity index (χ3v) is 4.72. The molecule has 0 aromatic heterocycles. The van der Waals surface area contributed by atoms with E-state index in [4.69, 9.17) is 5.26 Å². The van der Waals surface area contributed by atoms with Gasteiger partial charge in [0.25, 0.3) is 0 Å². The van der Waals surface area contributed by atoms with E-state index in [9.17, 15) is 4.79 Å². The van der Waals surface area contributed by atoms with Crippen LogP contribution in [0, 0.1) is 23.2 Å². The third kappa shape index (κ3) is 3.94. The van der Waals surface area contributed by atoms with Gasteiger partial charge in [0.05, 0.1) is 19.0 Å². The van der Waals surface area contributed by atoms with Crippen LogP contribution >= 0.6 is 0 Å². The van der Waals surface area contributed by atoms with Crippen LogP contribution in [0.25, 0.3) is 0 Å². The Bertz CT molecular complexity index is 350. The van der Waals surface area contributed by atoms with Gasteiger partial charge in [-0.05, 0) is 31.2 Å². The van der Waals surface area contributed by atoms with E-state index in [2.05, 4.69) is 11.0 Å². The molecule has 4 heteroatoms. The molecule has 0 unspecified atom stereocenters. The molecule has 2 aliphatic rings. The first kappa shape index (κ1) is 14.3. The Hall–Kier alpha value is -1.08. The molecule has 0 bridgehead atoms. The molecule has 106 valence electrons. The second-order valence-electron chi connectivity index (χ2n) is 6.05. The number of fused-ring (bicyclic) bond motifs is 1. The monoisotopic (exact) mass is 263 g/mol. The molecule has 1 saturated heterocycles. The van der Waals surface area contributed by atoms with Gasteiger partial charge in [0.15, 0.2) is 0 Å². The zero-order chi connectivity index (χ0) is 13.7. The summed E-state index contributed by atoms with van der Waals surface area (Å²) in [7, 11) is 1.80. The summed E-state index contributed by atoms with van der Waals surface area (Å²) in [6.07, 6.45) is 7.20. The van der Waals surface area contributed by atoms with Crippen molar-refractivity contribution in [2.45, 2.75) is 38.5 Å². The zero-order valence-electron chi connectivity index (χ0n) is 12.0. The maximum atomic E-state index is 12.1. The molecule has 19 heavy (non-hydrogen) atoms. The Morgan fingerprint density at radius 2 is 2.05 bits per heavy atom. The lowest BCUT2D eigenvalue weighted by Gasteiger charge is -2.41. The maximum absolute atomic E-state index is 12.1. The molecule has 0 aromatic rings. The number of hydrogen-bond acceptors (Lipinski definition) is 3. The Kier molecular flexibility index (Phi) is 5.21. The van der Waals surface area contributed by atoms with Crippen molar-refractivity contribution in [2.75, 3.05) is 33.2 Å². The summed E-state index contributed by atoms with van der Waals surface area (Å²) in [5, 5.41) is 8.55. The Morgan fingerprint density at radius 1 is 1.32 bits per heavy atom. The van der Waals surface area contributed by atoms with Crippen LogP contribution < -0.4 is 0 Å². The first-order chi connectivity index (χ1) is 9.20. The number of carbonyl (C=O) groups is 1. The van der Waals surface area contributed by atoms with Gasteiger partial charge in [-0.25, -0.2) is 0 Å². The van der Waals surface area contributed by atoms with Crippen LogP contribution in [-0.4, -0.2) is 48.9 Å². The van der Waals surface area contributed by atoms with Crippen LogP contribution in [0.15, 0.2) is 0 Å². The van der Waals surface area contributed by atoms with Crippen molar-refractivity contribution in [2.24, 2.45) is 11.8 Å². The van der Waals surface area contributed by atoms with Gasteiger partial charge in [-0.3, -0.25) is 9.69 Å². The molecular weight excluding hydrogens is 238 g/mol. The smallest absolute Gasteiger partial charge is 0.236 e. The summed E-state index contributed by atoms with van der Waals surface area (Å²) in [4.78, 5) is 16.1. The van der Waals surface area contributed by atoms with Gasteiger partial charge in [-0.2, -0.15) is 5.26 Å². The van der Waals surface area contributed by atoms with E-state index in [-0.39, 0.29) is 5.91 Å². The van der Waals surface area contributed by atoms with Gasteiger partial charge in [-0.15, -0.1) is 0 Å². The molecule has 1 aliphatic heterocycles. The highest BCUT2D eigenvalue weighted by molar-refractivity contribution is 5.78. The molecule has 1 amide bonds. The number of carbonyl (C=O) groups excluding carboxylic acids is 1. The summed E-state index contributed by atoms with van der Waals surface area (Å²) < 4.78 is 0. The van der Waals surface area contributed by atoms with E-state index in [1.807, 2.05) is 0 Å². The molecule has 2 atom stereocenters. The third-order valence-electron chi connectivity index (χ3n) is 4.72. The molecule has 4 nitrogen and oxygen atoms in total. The summed E-state index contributed by atoms with van der Waals surface area (Å²) in [5.74, 6) is 1.89. The van der Waals surface area contributed by atoms with Crippen LogP contribution in [0.3, 0.4) is 0 Å². The van der Waals surface area contributed by atoms with Crippen LogP contribution in [0.2, 0.25) is 0 Å². The normalized spacial score (nSPS) is 27.4. The van der Waals surface area contributed by atoms with E-state index in [1.54, 1.807) is 11.9 Å². The predicted molar refractivity (Wildman–Crippen MR) is 74.4 cm³/mol. The Morgan fingerprint density at radius 3 is 2.79 bits per heavy atom. The molecule has 1 aliphatic carbocycles. The fraction of sp³-hybridized carbons (Fsp3) is 0.867. The summed E-state index contributed by atoms with van der Waals surface area (Å²) in [5.41, 5.74) is 0. The number of hydrogen-bond donors (Lipinski definition) is 0. The standard InChI is InChI=1S/C15H25N3O/c1-17(9-4-8-16)15(19)12-18-10-7-13-5-2-3-6-14(13)11-18/h13-14H,2-7,9-12H2,1H3/t13-,14+/m0/s1. The lowest BCUT2D eigenvalue weighted by Crippen LogP contribution is -2.46. The molecule has 2 fully saturated rings. The fourth-order valence-electron chi connectivity index (χ4n) is 3.47. The van der Waals surface area contributed by atoms with Crippen molar-refractivity contribution < 1.29 is 4.79 Å². The Balaban J connectivity index is 1.77. The van der Waals surface area contributed by atoms with Gasteiger partial charge in [0.2, 0.25) is 5.91 Å². The second kappa shape index (κ2) is 6.91. The lowest BCUT2D eigenvalue weighted by atomic mass is 9.75. The van der Waals surface area contributed by atoms with Gasteiger partial charge >= 0.3 is 0 Å². The van der Waals surface area contributed by atoms with Crippen molar-refractivity contribution in [3.8, 4) is 6.07 Å². The van der Waals surface area contributed by atoms with E-state index in [0.717, 1.165) is 24.9 Å². The van der Waals surface area contributed by atoms with Gasteiger partial charge in [-0.1, -0.05) is 19.3 Å². The van der Waals surface area contributed by atoms with E-state index < -0.39 is 0 Å². The van der Waals surface area contributed by atoms with Gasteiger partial charge in [0, 0.05) is 20.1 Å².